The van der Waals surface area contributed by atoms with Gasteiger partial charge >= 0.3 is 5.97 Å². The van der Waals surface area contributed by atoms with Crippen molar-refractivity contribution < 1.29 is 29.0 Å². The second-order valence-electron chi connectivity index (χ2n) is 9.72. The lowest BCUT2D eigenvalue weighted by Gasteiger charge is -2.35. The standard InChI is InChI=1S/C27H31ClN2O6/c28-18-9-11-19(12-10-18)29-15-7-13-27-22(21-20(36-27)8-3-1-6-17-35-26(21)34)24(32)30(23(27)25(29)33)14-4-2-5-16-31/h3,7-13,20-23,31H,1-2,4-6,14-17H2/b8-3-/t20-,21+,22+,23?,27+/m1/s1. The Morgan fingerprint density at radius 3 is 2.64 bits per heavy atom. The first-order chi connectivity index (χ1) is 17.5. The Morgan fingerprint density at radius 1 is 1.06 bits per heavy atom. The molecule has 2 fully saturated rings. The largest absolute Gasteiger partial charge is 0.465 e. The number of unbranched alkanes of at least 4 members (excludes halogenated alkanes) is 2. The molecule has 5 atom stereocenters. The van der Waals surface area contributed by atoms with Gasteiger partial charge in [-0.2, -0.15) is 0 Å². The van der Waals surface area contributed by atoms with Crippen molar-refractivity contribution in [2.45, 2.75) is 49.9 Å². The highest BCUT2D eigenvalue weighted by molar-refractivity contribution is 6.30. The number of rotatable bonds is 6. The van der Waals surface area contributed by atoms with E-state index in [1.54, 1.807) is 34.1 Å². The van der Waals surface area contributed by atoms with Gasteiger partial charge in [0.05, 0.1) is 18.6 Å². The SMILES string of the molecule is O=C1OCCC/C=C\[C@H]2O[C@]34C=CCN(c5ccc(Cl)cc5)C(=O)C3N(CCCCCO)C(=O)[C@@H]4[C@@H]12. The molecule has 4 aliphatic heterocycles. The van der Waals surface area contributed by atoms with Gasteiger partial charge in [-0.25, -0.2) is 0 Å². The summed E-state index contributed by atoms with van der Waals surface area (Å²) in [6, 6.07) is 6.08. The van der Waals surface area contributed by atoms with Crippen molar-refractivity contribution in [1.82, 2.24) is 4.90 Å². The average Bonchev–Trinajstić information content (AvgIpc) is 3.27. The maximum atomic E-state index is 14.2. The van der Waals surface area contributed by atoms with Crippen LogP contribution in [0.3, 0.4) is 0 Å². The van der Waals surface area contributed by atoms with Gasteiger partial charge in [0.15, 0.2) is 0 Å². The third kappa shape index (κ3) is 4.25. The van der Waals surface area contributed by atoms with Gasteiger partial charge in [-0.3, -0.25) is 14.4 Å². The number of carbonyl (C=O) groups is 3. The molecular formula is C27H31ClN2O6. The number of aliphatic hydroxyl groups is 1. The molecule has 0 aliphatic carbocycles. The smallest absolute Gasteiger partial charge is 0.312 e. The molecule has 1 spiro atoms. The second-order valence-corrected chi connectivity index (χ2v) is 10.2. The van der Waals surface area contributed by atoms with Crippen molar-refractivity contribution in [3.8, 4) is 0 Å². The monoisotopic (exact) mass is 514 g/mol. The van der Waals surface area contributed by atoms with Crippen LogP contribution >= 0.6 is 11.6 Å². The summed E-state index contributed by atoms with van der Waals surface area (Å²) in [6.07, 6.45) is 10.2. The lowest BCUT2D eigenvalue weighted by atomic mass is 9.78. The molecule has 0 aromatic heterocycles. The highest BCUT2D eigenvalue weighted by atomic mass is 35.5. The third-order valence-corrected chi connectivity index (χ3v) is 7.80. The lowest BCUT2D eigenvalue weighted by molar-refractivity contribution is -0.154. The number of amides is 2. The molecule has 36 heavy (non-hydrogen) atoms. The minimum absolute atomic E-state index is 0.0704. The van der Waals surface area contributed by atoms with Crippen LogP contribution in [0.5, 0.6) is 0 Å². The van der Waals surface area contributed by atoms with E-state index in [-0.39, 0.29) is 25.0 Å². The molecule has 1 unspecified atom stereocenters. The Bertz CT molecular complexity index is 1070. The van der Waals surface area contributed by atoms with Crippen molar-refractivity contribution in [2.75, 3.05) is 31.2 Å². The van der Waals surface area contributed by atoms with Gasteiger partial charge in [0.2, 0.25) is 5.91 Å². The highest BCUT2D eigenvalue weighted by Crippen LogP contribution is 2.53. The first-order valence-electron chi connectivity index (χ1n) is 12.6. The van der Waals surface area contributed by atoms with Gasteiger partial charge in [0.1, 0.15) is 17.6 Å². The zero-order valence-electron chi connectivity index (χ0n) is 20.1. The van der Waals surface area contributed by atoms with Crippen LogP contribution in [0.1, 0.15) is 32.1 Å². The van der Waals surface area contributed by atoms with Crippen LogP contribution in [-0.4, -0.2) is 71.8 Å². The summed E-state index contributed by atoms with van der Waals surface area (Å²) in [5.74, 6) is -2.66. The number of ether oxygens (including phenoxy) is 2. The summed E-state index contributed by atoms with van der Waals surface area (Å²) >= 11 is 6.07. The number of anilines is 1. The van der Waals surface area contributed by atoms with E-state index in [2.05, 4.69) is 0 Å². The molecule has 8 nitrogen and oxygen atoms in total. The number of hydrogen-bond donors (Lipinski definition) is 1. The van der Waals surface area contributed by atoms with Crippen molar-refractivity contribution in [3.05, 3.63) is 53.6 Å². The first kappa shape index (κ1) is 25.0. The van der Waals surface area contributed by atoms with Crippen LogP contribution in [0.25, 0.3) is 0 Å². The molecule has 4 aliphatic rings. The van der Waals surface area contributed by atoms with Gasteiger partial charge in [-0.15, -0.1) is 0 Å². The molecule has 2 amide bonds. The summed E-state index contributed by atoms with van der Waals surface area (Å²) in [4.78, 5) is 44.6. The maximum Gasteiger partial charge on any atom is 0.312 e. The predicted octanol–water partition coefficient (Wildman–Crippen LogP) is 2.88. The number of nitrogens with zero attached hydrogens (tertiary/aromatic N) is 2. The van der Waals surface area contributed by atoms with Crippen LogP contribution in [0, 0.1) is 11.8 Å². The lowest BCUT2D eigenvalue weighted by Crippen LogP contribution is -2.55. The molecule has 1 aromatic rings. The number of hydrogen-bond acceptors (Lipinski definition) is 6. The van der Waals surface area contributed by atoms with E-state index in [0.29, 0.717) is 49.5 Å². The molecule has 0 bridgehead atoms. The zero-order valence-corrected chi connectivity index (χ0v) is 20.8. The number of aliphatic hydroxyl groups excluding tert-OH is 1. The fourth-order valence-electron chi connectivity index (χ4n) is 5.92. The molecular weight excluding hydrogens is 484 g/mol. The Morgan fingerprint density at radius 2 is 1.86 bits per heavy atom. The zero-order chi connectivity index (χ0) is 25.3. The van der Waals surface area contributed by atoms with E-state index in [0.717, 1.165) is 6.42 Å². The van der Waals surface area contributed by atoms with Crippen LogP contribution in [0.15, 0.2) is 48.6 Å². The Balaban J connectivity index is 1.56. The summed E-state index contributed by atoms with van der Waals surface area (Å²) in [6.45, 7) is 0.993. The summed E-state index contributed by atoms with van der Waals surface area (Å²) in [7, 11) is 0. The number of likely N-dealkylation sites (tertiary alicyclic amines) is 1. The van der Waals surface area contributed by atoms with Crippen LogP contribution < -0.4 is 4.90 Å². The highest BCUT2D eigenvalue weighted by Gasteiger charge is 2.71. The second kappa shape index (κ2) is 10.4. The fourth-order valence-corrected chi connectivity index (χ4v) is 6.04. The molecule has 0 radical (unpaired) electrons. The molecule has 0 saturated carbocycles. The van der Waals surface area contributed by atoms with Crippen molar-refractivity contribution in [1.29, 1.82) is 0 Å². The van der Waals surface area contributed by atoms with E-state index >= 15 is 0 Å². The number of halogens is 1. The van der Waals surface area contributed by atoms with E-state index in [4.69, 9.17) is 21.1 Å². The minimum atomic E-state index is -1.27. The van der Waals surface area contributed by atoms with Crippen molar-refractivity contribution in [3.63, 3.8) is 0 Å². The molecule has 9 heteroatoms. The van der Waals surface area contributed by atoms with Gasteiger partial charge in [-0.05, 0) is 56.4 Å². The van der Waals surface area contributed by atoms with E-state index in [1.165, 1.54) is 0 Å². The predicted molar refractivity (Wildman–Crippen MR) is 133 cm³/mol. The number of carbonyl (C=O) groups excluding carboxylic acids is 3. The van der Waals surface area contributed by atoms with Gasteiger partial charge in [0.25, 0.3) is 5.91 Å². The van der Waals surface area contributed by atoms with E-state index in [9.17, 15) is 19.5 Å². The molecule has 1 N–H and O–H groups in total. The van der Waals surface area contributed by atoms with Crippen LogP contribution in [-0.2, 0) is 23.9 Å². The van der Waals surface area contributed by atoms with Gasteiger partial charge < -0.3 is 24.4 Å². The molecule has 4 heterocycles. The van der Waals surface area contributed by atoms with Gasteiger partial charge in [0, 0.05) is 30.4 Å². The number of cyclic esters (lactones) is 1. The summed E-state index contributed by atoms with van der Waals surface area (Å²) in [5, 5.41) is 9.74. The quantitative estimate of drug-likeness (QED) is 0.356. The normalized spacial score (nSPS) is 32.7. The summed E-state index contributed by atoms with van der Waals surface area (Å²) in [5.41, 5.74) is -0.605. The fraction of sp³-hybridized carbons (Fsp3) is 0.519. The molecule has 192 valence electrons. The van der Waals surface area contributed by atoms with Crippen molar-refractivity contribution in [2.24, 2.45) is 11.8 Å². The van der Waals surface area contributed by atoms with Crippen LogP contribution in [0.2, 0.25) is 5.02 Å². The van der Waals surface area contributed by atoms with E-state index < -0.39 is 35.6 Å². The van der Waals surface area contributed by atoms with E-state index in [1.807, 2.05) is 24.3 Å². The van der Waals surface area contributed by atoms with Gasteiger partial charge in [-0.1, -0.05) is 35.9 Å². The molecule has 1 aromatic carbocycles. The summed E-state index contributed by atoms with van der Waals surface area (Å²) < 4.78 is 12.1. The average molecular weight is 515 g/mol. The maximum absolute atomic E-state index is 14.2. The number of allylic oxidation sites excluding steroid dienone is 1. The first-order valence-corrected chi connectivity index (χ1v) is 13.0. The van der Waals surface area contributed by atoms with Crippen molar-refractivity contribution >= 4 is 35.1 Å². The Hall–Kier alpha value is -2.68. The topological polar surface area (TPSA) is 96.4 Å². The Kier molecular flexibility index (Phi) is 7.19. The number of benzene rings is 1. The Labute approximate surface area is 215 Å². The van der Waals surface area contributed by atoms with Crippen LogP contribution in [0.4, 0.5) is 5.69 Å². The third-order valence-electron chi connectivity index (χ3n) is 7.55. The molecule has 5 rings (SSSR count). The molecule has 2 saturated heterocycles. The minimum Gasteiger partial charge on any atom is -0.465 e. The number of fused-ring (bicyclic) bond motifs is 2. The number of esters is 1.